The zero-order chi connectivity index (χ0) is 13.8. The molecule has 0 unspecified atom stereocenters. The summed E-state index contributed by atoms with van der Waals surface area (Å²) in [5.74, 6) is -0.347. The van der Waals surface area contributed by atoms with E-state index < -0.39 is 0 Å². The highest BCUT2D eigenvalue weighted by Gasteiger charge is 2.09. The van der Waals surface area contributed by atoms with Crippen LogP contribution in [0.3, 0.4) is 0 Å². The van der Waals surface area contributed by atoms with E-state index in [1.165, 1.54) is 12.1 Å². The summed E-state index contributed by atoms with van der Waals surface area (Å²) in [5.41, 5.74) is 1.45. The molecule has 0 saturated carbocycles. The molecule has 0 bridgehead atoms. The summed E-state index contributed by atoms with van der Waals surface area (Å²) in [4.78, 5) is 12.0. The Morgan fingerprint density at radius 2 is 1.89 bits per heavy atom. The Balaban J connectivity index is 2.07. The summed E-state index contributed by atoms with van der Waals surface area (Å²) < 4.78 is 13.8. The molecular formula is C15H11BrClFO. The van der Waals surface area contributed by atoms with Crippen molar-refractivity contribution in [2.75, 3.05) is 0 Å². The van der Waals surface area contributed by atoms with Gasteiger partial charge >= 0.3 is 0 Å². The summed E-state index contributed by atoms with van der Waals surface area (Å²) in [6, 6.07) is 11.7. The van der Waals surface area contributed by atoms with Gasteiger partial charge in [-0.15, -0.1) is 0 Å². The number of ketones is 1. The lowest BCUT2D eigenvalue weighted by Crippen LogP contribution is -2.07. The van der Waals surface area contributed by atoms with E-state index >= 15 is 0 Å². The largest absolute Gasteiger partial charge is 0.299 e. The number of Topliss-reactive ketones (excluding diaryl/α,β-unsaturated/α-hetero) is 1. The topological polar surface area (TPSA) is 17.1 Å². The molecule has 2 aromatic rings. The van der Waals surface area contributed by atoms with E-state index in [-0.39, 0.29) is 24.4 Å². The first-order valence-corrected chi connectivity index (χ1v) is 6.92. The van der Waals surface area contributed by atoms with Gasteiger partial charge in [0.1, 0.15) is 11.6 Å². The molecule has 0 fully saturated rings. The molecule has 0 radical (unpaired) electrons. The average molecular weight is 342 g/mol. The summed E-state index contributed by atoms with van der Waals surface area (Å²) in [6.45, 7) is 0. The van der Waals surface area contributed by atoms with E-state index in [1.54, 1.807) is 12.1 Å². The maximum atomic E-state index is 13.2. The third kappa shape index (κ3) is 4.15. The number of hydrogen-bond acceptors (Lipinski definition) is 1. The van der Waals surface area contributed by atoms with Crippen LogP contribution in [0.25, 0.3) is 0 Å². The molecule has 0 atom stereocenters. The van der Waals surface area contributed by atoms with Gasteiger partial charge in [0.15, 0.2) is 0 Å². The van der Waals surface area contributed by atoms with Crippen molar-refractivity contribution in [1.29, 1.82) is 0 Å². The van der Waals surface area contributed by atoms with Gasteiger partial charge in [-0.1, -0.05) is 45.7 Å². The summed E-state index contributed by atoms with van der Waals surface area (Å²) in [7, 11) is 0. The van der Waals surface area contributed by atoms with E-state index in [1.807, 2.05) is 18.2 Å². The lowest BCUT2D eigenvalue weighted by molar-refractivity contribution is -0.117. The first-order valence-electron chi connectivity index (χ1n) is 5.74. The fraction of sp³-hybridized carbons (Fsp3) is 0.133. The Hall–Kier alpha value is -1.19. The predicted molar refractivity (Wildman–Crippen MR) is 78.0 cm³/mol. The number of hydrogen-bond donors (Lipinski definition) is 0. The Morgan fingerprint density at radius 1 is 1.16 bits per heavy atom. The molecule has 0 heterocycles. The molecule has 0 aliphatic rings. The highest BCUT2D eigenvalue weighted by molar-refractivity contribution is 9.10. The van der Waals surface area contributed by atoms with Crippen molar-refractivity contribution in [3.05, 3.63) is 68.9 Å². The van der Waals surface area contributed by atoms with Gasteiger partial charge in [-0.25, -0.2) is 4.39 Å². The van der Waals surface area contributed by atoms with Crippen LogP contribution in [0.2, 0.25) is 5.02 Å². The molecule has 19 heavy (non-hydrogen) atoms. The van der Waals surface area contributed by atoms with Crippen LogP contribution < -0.4 is 0 Å². The SMILES string of the molecule is O=C(Cc1cc(F)cc(Br)c1)Cc1ccccc1Cl. The minimum Gasteiger partial charge on any atom is -0.299 e. The van der Waals surface area contributed by atoms with Crippen molar-refractivity contribution < 1.29 is 9.18 Å². The van der Waals surface area contributed by atoms with Gasteiger partial charge in [0.05, 0.1) is 0 Å². The third-order valence-corrected chi connectivity index (χ3v) is 3.50. The van der Waals surface area contributed by atoms with E-state index in [0.717, 1.165) is 5.56 Å². The maximum Gasteiger partial charge on any atom is 0.141 e. The highest BCUT2D eigenvalue weighted by atomic mass is 79.9. The van der Waals surface area contributed by atoms with E-state index in [4.69, 9.17) is 11.6 Å². The molecule has 2 rings (SSSR count). The molecule has 0 aliphatic heterocycles. The van der Waals surface area contributed by atoms with Crippen molar-refractivity contribution in [1.82, 2.24) is 0 Å². The van der Waals surface area contributed by atoms with Gasteiger partial charge in [-0.2, -0.15) is 0 Å². The molecule has 4 heteroatoms. The van der Waals surface area contributed by atoms with Gasteiger partial charge in [0.25, 0.3) is 0 Å². The number of halogens is 3. The molecule has 0 saturated heterocycles. The Morgan fingerprint density at radius 3 is 2.58 bits per heavy atom. The van der Waals surface area contributed by atoms with Crippen LogP contribution in [0.1, 0.15) is 11.1 Å². The monoisotopic (exact) mass is 340 g/mol. The first kappa shape index (κ1) is 14.2. The maximum absolute atomic E-state index is 13.2. The second-order valence-electron chi connectivity index (χ2n) is 4.26. The number of benzene rings is 2. The number of rotatable bonds is 4. The Labute approximate surface area is 124 Å². The fourth-order valence-corrected chi connectivity index (χ4v) is 2.57. The van der Waals surface area contributed by atoms with Crippen LogP contribution in [0.4, 0.5) is 4.39 Å². The molecule has 98 valence electrons. The van der Waals surface area contributed by atoms with Crippen molar-refractivity contribution >= 4 is 33.3 Å². The fourth-order valence-electron chi connectivity index (χ4n) is 1.86. The second-order valence-corrected chi connectivity index (χ2v) is 5.58. The molecule has 0 N–H and O–H groups in total. The van der Waals surface area contributed by atoms with Crippen LogP contribution in [-0.2, 0) is 17.6 Å². The van der Waals surface area contributed by atoms with Gasteiger partial charge < -0.3 is 0 Å². The van der Waals surface area contributed by atoms with Crippen molar-refractivity contribution in [2.45, 2.75) is 12.8 Å². The van der Waals surface area contributed by atoms with E-state index in [0.29, 0.717) is 15.1 Å². The Bertz CT molecular complexity index is 593. The molecule has 1 nitrogen and oxygen atoms in total. The molecular weight excluding hydrogens is 331 g/mol. The van der Waals surface area contributed by atoms with Crippen LogP contribution in [0.5, 0.6) is 0 Å². The van der Waals surface area contributed by atoms with Crippen LogP contribution >= 0.6 is 27.5 Å². The summed E-state index contributed by atoms with van der Waals surface area (Å²) in [6.07, 6.45) is 0.454. The standard InChI is InChI=1S/C15H11BrClFO/c16-12-5-10(6-13(18)9-12)7-14(19)8-11-3-1-2-4-15(11)17/h1-6,9H,7-8H2. The second kappa shape index (κ2) is 6.31. The van der Waals surface area contributed by atoms with Gasteiger partial charge in [-0.3, -0.25) is 4.79 Å². The summed E-state index contributed by atoms with van der Waals surface area (Å²) >= 11 is 9.21. The molecule has 2 aromatic carbocycles. The zero-order valence-corrected chi connectivity index (χ0v) is 12.3. The van der Waals surface area contributed by atoms with Gasteiger partial charge in [0.2, 0.25) is 0 Å². The predicted octanol–water partition coefficient (Wildman–Crippen LogP) is 4.60. The molecule has 0 spiro atoms. The van der Waals surface area contributed by atoms with E-state index in [9.17, 15) is 9.18 Å². The van der Waals surface area contributed by atoms with Crippen molar-refractivity contribution in [3.8, 4) is 0 Å². The number of carbonyl (C=O) groups excluding carboxylic acids is 1. The quantitative estimate of drug-likeness (QED) is 0.794. The normalized spacial score (nSPS) is 10.5. The van der Waals surface area contributed by atoms with Gasteiger partial charge in [0, 0.05) is 22.3 Å². The lowest BCUT2D eigenvalue weighted by atomic mass is 10.0. The van der Waals surface area contributed by atoms with Crippen molar-refractivity contribution in [2.24, 2.45) is 0 Å². The third-order valence-electron chi connectivity index (χ3n) is 2.67. The number of carbonyl (C=O) groups is 1. The van der Waals surface area contributed by atoms with Crippen molar-refractivity contribution in [3.63, 3.8) is 0 Å². The molecule has 0 aromatic heterocycles. The van der Waals surface area contributed by atoms with E-state index in [2.05, 4.69) is 15.9 Å². The molecule has 0 aliphatic carbocycles. The molecule has 0 amide bonds. The van der Waals surface area contributed by atoms with Gasteiger partial charge in [-0.05, 0) is 35.4 Å². The van der Waals surface area contributed by atoms with Crippen LogP contribution in [0, 0.1) is 5.82 Å². The van der Waals surface area contributed by atoms with Crippen LogP contribution in [0.15, 0.2) is 46.9 Å². The lowest BCUT2D eigenvalue weighted by Gasteiger charge is -2.05. The first-order chi connectivity index (χ1) is 9.04. The zero-order valence-electron chi connectivity index (χ0n) is 10.00. The minimum absolute atomic E-state index is 0.00519. The Kier molecular flexibility index (Phi) is 4.72. The average Bonchev–Trinajstić information content (AvgIpc) is 2.30. The van der Waals surface area contributed by atoms with Crippen LogP contribution in [-0.4, -0.2) is 5.78 Å². The highest BCUT2D eigenvalue weighted by Crippen LogP contribution is 2.18. The summed E-state index contributed by atoms with van der Waals surface area (Å²) in [5, 5.41) is 0.580. The minimum atomic E-state index is -0.352. The smallest absolute Gasteiger partial charge is 0.141 e.